The van der Waals surface area contributed by atoms with Crippen LogP contribution in [0.3, 0.4) is 0 Å². The van der Waals surface area contributed by atoms with E-state index in [0.29, 0.717) is 0 Å². The zero-order valence-electron chi connectivity index (χ0n) is 21.0. The molecule has 4 unspecified atom stereocenters. The van der Waals surface area contributed by atoms with Crippen molar-refractivity contribution in [1.29, 1.82) is 0 Å². The van der Waals surface area contributed by atoms with Crippen molar-refractivity contribution in [1.82, 2.24) is 16.0 Å². The highest BCUT2D eigenvalue weighted by atomic mass is 16.4. The van der Waals surface area contributed by atoms with Crippen LogP contribution in [-0.2, 0) is 33.6 Å². The second kappa shape index (κ2) is 17.9. The lowest BCUT2D eigenvalue weighted by Crippen LogP contribution is -2.57. The summed E-state index contributed by atoms with van der Waals surface area (Å²) in [5.41, 5.74) is 16.1. The van der Waals surface area contributed by atoms with Crippen molar-refractivity contribution in [2.75, 3.05) is 6.54 Å². The molecule has 220 valence electrons. The van der Waals surface area contributed by atoms with Gasteiger partial charge in [-0.2, -0.15) is 0 Å². The van der Waals surface area contributed by atoms with Crippen LogP contribution in [0, 0.1) is 0 Å². The number of carbonyl (C=O) groups excluding carboxylic acids is 3. The molecule has 13 N–H and O–H groups in total. The van der Waals surface area contributed by atoms with Gasteiger partial charge in [0.1, 0.15) is 18.1 Å². The number of guanidine groups is 1. The molecule has 0 aromatic heterocycles. The predicted molar refractivity (Wildman–Crippen MR) is 132 cm³/mol. The Hall–Kier alpha value is -4.48. The van der Waals surface area contributed by atoms with Crippen LogP contribution in [0.2, 0.25) is 0 Å². The third kappa shape index (κ3) is 16.1. The second-order valence-electron chi connectivity index (χ2n) is 8.37. The van der Waals surface area contributed by atoms with Crippen LogP contribution in [0.25, 0.3) is 0 Å². The molecule has 4 atom stereocenters. The lowest BCUT2D eigenvalue weighted by molar-refractivity contribution is -0.143. The molecule has 0 bridgehead atoms. The highest BCUT2D eigenvalue weighted by Gasteiger charge is 2.30. The quantitative estimate of drug-likeness (QED) is 0.0391. The maximum atomic E-state index is 13.0. The van der Waals surface area contributed by atoms with Gasteiger partial charge in [0, 0.05) is 25.8 Å². The minimum atomic E-state index is -1.60. The number of nitrogens with two attached hydrogens (primary N) is 3. The van der Waals surface area contributed by atoms with E-state index in [1.807, 2.05) is 0 Å². The van der Waals surface area contributed by atoms with Gasteiger partial charge in [-0.05, 0) is 32.1 Å². The summed E-state index contributed by atoms with van der Waals surface area (Å²) < 4.78 is 0. The van der Waals surface area contributed by atoms with Gasteiger partial charge in [-0.25, -0.2) is 4.79 Å². The predicted octanol–water partition coefficient (Wildman–Crippen LogP) is -3.50. The fraction of sp³-hybridized carbons (Fsp3) is 0.619. The topological polar surface area (TPSA) is 327 Å². The van der Waals surface area contributed by atoms with Gasteiger partial charge in [-0.3, -0.25) is 33.8 Å². The molecule has 0 radical (unpaired) electrons. The number of hydrogen-bond donors (Lipinski definition) is 10. The zero-order valence-corrected chi connectivity index (χ0v) is 21.0. The number of nitrogens with one attached hydrogen (secondary N) is 3. The van der Waals surface area contributed by atoms with Crippen molar-refractivity contribution in [2.24, 2.45) is 22.2 Å². The average Bonchev–Trinajstić information content (AvgIpc) is 2.83. The van der Waals surface area contributed by atoms with E-state index in [1.165, 1.54) is 0 Å². The summed E-state index contributed by atoms with van der Waals surface area (Å²) in [5.74, 6) is -8.50. The Morgan fingerprint density at radius 3 is 1.49 bits per heavy atom. The molecule has 18 heteroatoms. The van der Waals surface area contributed by atoms with Gasteiger partial charge in [-0.1, -0.05) is 0 Å². The maximum absolute atomic E-state index is 13.0. The van der Waals surface area contributed by atoms with Crippen LogP contribution in [0.15, 0.2) is 4.99 Å². The van der Waals surface area contributed by atoms with E-state index in [-0.39, 0.29) is 31.8 Å². The summed E-state index contributed by atoms with van der Waals surface area (Å²) in [6.07, 6.45) is -2.71. The SMILES string of the molecule is NC(N)=NCCCC(NC(=O)C(CCC(=O)O)NC(=O)C(N)CCC(=O)O)C(=O)NC(CCC(=O)O)C(=O)O. The molecule has 0 rings (SSSR count). The van der Waals surface area contributed by atoms with E-state index in [0.717, 1.165) is 0 Å². The van der Waals surface area contributed by atoms with E-state index >= 15 is 0 Å². The minimum absolute atomic E-state index is 0.0287. The summed E-state index contributed by atoms with van der Waals surface area (Å²) in [6, 6.07) is -5.84. The van der Waals surface area contributed by atoms with Crippen LogP contribution >= 0.6 is 0 Å². The standard InChI is InChI=1S/C21H35N7O11/c22-10(3-6-14(29)30)17(35)26-12(4-7-15(31)32)19(37)27-11(2-1-9-25-21(23)24)18(36)28-13(20(38)39)5-8-16(33)34/h10-13H,1-9,22H2,(H,26,35)(H,27,37)(H,28,36)(H,29,30)(H,31,32)(H,33,34)(H,38,39)(H4,23,24,25). The average molecular weight is 562 g/mol. The van der Waals surface area contributed by atoms with Crippen molar-refractivity contribution < 1.29 is 54.0 Å². The molecule has 0 aliphatic heterocycles. The third-order valence-electron chi connectivity index (χ3n) is 5.13. The Kier molecular flexibility index (Phi) is 15.8. The number of aliphatic carboxylic acids is 4. The van der Waals surface area contributed by atoms with Gasteiger partial charge in [0.15, 0.2) is 5.96 Å². The zero-order chi connectivity index (χ0) is 30.1. The molecule has 0 saturated carbocycles. The van der Waals surface area contributed by atoms with Crippen molar-refractivity contribution >= 4 is 47.6 Å². The number of nitrogens with zero attached hydrogens (tertiary/aromatic N) is 1. The molecule has 0 aliphatic rings. The number of hydrogen-bond acceptors (Lipinski definition) is 9. The van der Waals surface area contributed by atoms with Crippen LogP contribution in [0.5, 0.6) is 0 Å². The van der Waals surface area contributed by atoms with Crippen LogP contribution in [0.4, 0.5) is 0 Å². The third-order valence-corrected chi connectivity index (χ3v) is 5.13. The fourth-order valence-corrected chi connectivity index (χ4v) is 3.07. The van der Waals surface area contributed by atoms with E-state index in [2.05, 4.69) is 20.9 Å². The maximum Gasteiger partial charge on any atom is 0.326 e. The number of rotatable bonds is 20. The number of carboxylic acid groups (broad SMARTS) is 4. The smallest absolute Gasteiger partial charge is 0.326 e. The first-order valence-electron chi connectivity index (χ1n) is 11.7. The molecular weight excluding hydrogens is 526 g/mol. The van der Waals surface area contributed by atoms with Crippen molar-refractivity contribution in [3.63, 3.8) is 0 Å². The lowest BCUT2D eigenvalue weighted by Gasteiger charge is -2.25. The largest absolute Gasteiger partial charge is 0.481 e. The number of aliphatic imine (C=N–C) groups is 1. The Balaban J connectivity index is 5.72. The van der Waals surface area contributed by atoms with Crippen LogP contribution < -0.4 is 33.2 Å². The highest BCUT2D eigenvalue weighted by molar-refractivity contribution is 5.94. The van der Waals surface area contributed by atoms with Gasteiger partial charge in [0.05, 0.1) is 6.04 Å². The first-order valence-corrected chi connectivity index (χ1v) is 11.7. The Labute approximate surface area is 222 Å². The van der Waals surface area contributed by atoms with Gasteiger partial charge in [0.25, 0.3) is 0 Å². The van der Waals surface area contributed by atoms with E-state index in [1.54, 1.807) is 0 Å². The summed E-state index contributed by atoms with van der Waals surface area (Å²) in [4.78, 5) is 86.0. The molecule has 0 fully saturated rings. The Bertz CT molecular complexity index is 937. The molecule has 18 nitrogen and oxygen atoms in total. The second-order valence-corrected chi connectivity index (χ2v) is 8.37. The van der Waals surface area contributed by atoms with E-state index in [9.17, 15) is 38.7 Å². The van der Waals surface area contributed by atoms with Gasteiger partial charge in [-0.15, -0.1) is 0 Å². The van der Waals surface area contributed by atoms with Gasteiger partial charge < -0.3 is 53.6 Å². The summed E-state index contributed by atoms with van der Waals surface area (Å²) in [7, 11) is 0. The number of carbonyl (C=O) groups is 7. The summed E-state index contributed by atoms with van der Waals surface area (Å²) in [6.45, 7) is 0.0287. The Morgan fingerprint density at radius 2 is 1.03 bits per heavy atom. The van der Waals surface area contributed by atoms with Crippen molar-refractivity contribution in [3.05, 3.63) is 0 Å². The molecule has 0 heterocycles. The number of carboxylic acids is 4. The van der Waals surface area contributed by atoms with Crippen molar-refractivity contribution in [2.45, 2.75) is 75.5 Å². The first-order chi connectivity index (χ1) is 18.1. The number of amides is 3. The summed E-state index contributed by atoms with van der Waals surface area (Å²) >= 11 is 0. The monoisotopic (exact) mass is 561 g/mol. The van der Waals surface area contributed by atoms with Crippen LogP contribution in [0.1, 0.15) is 51.4 Å². The molecule has 0 aromatic carbocycles. The molecule has 0 aromatic rings. The normalized spacial score (nSPS) is 13.6. The molecule has 39 heavy (non-hydrogen) atoms. The van der Waals surface area contributed by atoms with Crippen molar-refractivity contribution in [3.8, 4) is 0 Å². The Morgan fingerprint density at radius 1 is 0.615 bits per heavy atom. The van der Waals surface area contributed by atoms with E-state index < -0.39 is 97.9 Å². The first kappa shape index (κ1) is 34.5. The lowest BCUT2D eigenvalue weighted by atomic mass is 10.1. The molecule has 0 aliphatic carbocycles. The highest BCUT2D eigenvalue weighted by Crippen LogP contribution is 2.06. The van der Waals surface area contributed by atoms with E-state index in [4.69, 9.17) is 32.5 Å². The molecular formula is C21H35N7O11. The molecule has 0 spiro atoms. The molecule has 3 amide bonds. The molecule has 0 saturated heterocycles. The fourth-order valence-electron chi connectivity index (χ4n) is 3.07. The van der Waals surface area contributed by atoms with Crippen LogP contribution in [-0.4, -0.2) is 98.7 Å². The minimum Gasteiger partial charge on any atom is -0.481 e. The van der Waals surface area contributed by atoms with Gasteiger partial charge in [0.2, 0.25) is 17.7 Å². The van der Waals surface area contributed by atoms with Gasteiger partial charge >= 0.3 is 23.9 Å². The summed E-state index contributed by atoms with van der Waals surface area (Å²) in [5, 5.41) is 42.6.